The Labute approximate surface area is 94.4 Å². The number of rotatable bonds is 3. The normalized spacial score (nSPS) is 25.1. The molecular weight excluding hydrogens is 217 g/mol. The summed E-state index contributed by atoms with van der Waals surface area (Å²) < 4.78 is 0. The molecule has 0 spiro atoms. The number of hydrogen-bond acceptors (Lipinski definition) is 1. The third-order valence-corrected chi connectivity index (χ3v) is 3.14. The van der Waals surface area contributed by atoms with Crippen molar-refractivity contribution in [2.75, 3.05) is 13.6 Å². The predicted octanol–water partition coefficient (Wildman–Crippen LogP) is 3.32. The van der Waals surface area contributed by atoms with E-state index in [0.717, 1.165) is 22.5 Å². The minimum absolute atomic E-state index is 0.652. The summed E-state index contributed by atoms with van der Waals surface area (Å²) in [6.45, 7) is 1.08. The van der Waals surface area contributed by atoms with Gasteiger partial charge in [0.25, 0.3) is 0 Å². The Morgan fingerprint density at radius 3 is 2.50 bits per heavy atom. The highest BCUT2D eigenvalue weighted by Crippen LogP contribution is 2.47. The van der Waals surface area contributed by atoms with Crippen LogP contribution in [0.1, 0.15) is 17.9 Å². The summed E-state index contributed by atoms with van der Waals surface area (Å²) in [5.74, 6) is 1.41. The summed E-state index contributed by atoms with van der Waals surface area (Å²) in [6.07, 6.45) is 1.25. The first kappa shape index (κ1) is 10.3. The Bertz CT molecular complexity index is 318. The van der Waals surface area contributed by atoms with Gasteiger partial charge < -0.3 is 5.32 Å². The van der Waals surface area contributed by atoms with Crippen LogP contribution < -0.4 is 5.32 Å². The first-order chi connectivity index (χ1) is 6.70. The van der Waals surface area contributed by atoms with E-state index in [1.165, 1.54) is 12.0 Å². The van der Waals surface area contributed by atoms with Crippen molar-refractivity contribution in [3.63, 3.8) is 0 Å². The zero-order valence-corrected chi connectivity index (χ0v) is 9.57. The van der Waals surface area contributed by atoms with E-state index in [-0.39, 0.29) is 0 Å². The zero-order valence-electron chi connectivity index (χ0n) is 8.06. The molecule has 0 aliphatic heterocycles. The van der Waals surface area contributed by atoms with Gasteiger partial charge in [-0.3, -0.25) is 0 Å². The summed E-state index contributed by atoms with van der Waals surface area (Å²) in [4.78, 5) is 0. The Morgan fingerprint density at radius 1 is 1.29 bits per heavy atom. The van der Waals surface area contributed by atoms with E-state index in [2.05, 4.69) is 5.32 Å². The first-order valence-electron chi connectivity index (χ1n) is 4.81. The van der Waals surface area contributed by atoms with E-state index in [9.17, 15) is 0 Å². The van der Waals surface area contributed by atoms with E-state index >= 15 is 0 Å². The van der Waals surface area contributed by atoms with Gasteiger partial charge in [-0.25, -0.2) is 0 Å². The quantitative estimate of drug-likeness (QED) is 0.839. The molecule has 2 rings (SSSR count). The highest BCUT2D eigenvalue weighted by molar-refractivity contribution is 6.34. The Kier molecular flexibility index (Phi) is 3.01. The van der Waals surface area contributed by atoms with Gasteiger partial charge in [0.1, 0.15) is 0 Å². The predicted molar refractivity (Wildman–Crippen MR) is 61.2 cm³/mol. The van der Waals surface area contributed by atoms with Gasteiger partial charge in [0.15, 0.2) is 0 Å². The average molecular weight is 230 g/mol. The summed E-state index contributed by atoms with van der Waals surface area (Å²) >= 11 is 11.9. The maximum atomic E-state index is 5.95. The van der Waals surface area contributed by atoms with Crippen LogP contribution in [0.25, 0.3) is 0 Å². The number of halogens is 2. The molecule has 0 amide bonds. The molecule has 1 aliphatic rings. The molecule has 2 atom stereocenters. The number of nitrogens with one attached hydrogen (secondary N) is 1. The molecule has 0 radical (unpaired) electrons. The maximum absolute atomic E-state index is 5.95. The van der Waals surface area contributed by atoms with Gasteiger partial charge in [0.2, 0.25) is 0 Å². The van der Waals surface area contributed by atoms with E-state index in [1.807, 2.05) is 19.2 Å². The van der Waals surface area contributed by atoms with Gasteiger partial charge in [-0.05, 0) is 55.6 Å². The van der Waals surface area contributed by atoms with Crippen LogP contribution in [0.5, 0.6) is 0 Å². The molecule has 1 fully saturated rings. The smallest absolute Gasteiger partial charge is 0.0423 e. The van der Waals surface area contributed by atoms with Crippen molar-refractivity contribution >= 4 is 23.2 Å². The highest BCUT2D eigenvalue weighted by Gasteiger charge is 2.37. The Hall–Kier alpha value is -0.240. The van der Waals surface area contributed by atoms with Crippen molar-refractivity contribution in [1.29, 1.82) is 0 Å². The fourth-order valence-corrected chi connectivity index (χ4v) is 2.48. The lowest BCUT2D eigenvalue weighted by Crippen LogP contribution is -2.10. The van der Waals surface area contributed by atoms with Crippen molar-refractivity contribution in [3.05, 3.63) is 33.8 Å². The van der Waals surface area contributed by atoms with Crippen LogP contribution in [0.2, 0.25) is 10.0 Å². The first-order valence-corrected chi connectivity index (χ1v) is 5.57. The molecule has 14 heavy (non-hydrogen) atoms. The Balaban J connectivity index is 2.11. The van der Waals surface area contributed by atoms with Crippen LogP contribution in [0.15, 0.2) is 18.2 Å². The van der Waals surface area contributed by atoms with Crippen molar-refractivity contribution in [2.45, 2.75) is 12.3 Å². The molecule has 1 aliphatic carbocycles. The van der Waals surface area contributed by atoms with Crippen LogP contribution in [0.4, 0.5) is 0 Å². The molecule has 0 heterocycles. The van der Waals surface area contributed by atoms with Crippen molar-refractivity contribution in [1.82, 2.24) is 5.32 Å². The van der Waals surface area contributed by atoms with Crippen LogP contribution in [0.3, 0.4) is 0 Å². The van der Waals surface area contributed by atoms with Gasteiger partial charge in [-0.15, -0.1) is 0 Å². The second-order valence-corrected chi connectivity index (χ2v) is 4.74. The molecule has 76 valence electrons. The van der Waals surface area contributed by atoms with Gasteiger partial charge in [-0.2, -0.15) is 0 Å². The monoisotopic (exact) mass is 229 g/mol. The molecule has 1 saturated carbocycles. The van der Waals surface area contributed by atoms with E-state index < -0.39 is 0 Å². The van der Waals surface area contributed by atoms with Gasteiger partial charge in [-0.1, -0.05) is 23.2 Å². The van der Waals surface area contributed by atoms with Crippen molar-refractivity contribution < 1.29 is 0 Å². The molecule has 0 saturated heterocycles. The van der Waals surface area contributed by atoms with E-state index in [1.54, 1.807) is 6.07 Å². The van der Waals surface area contributed by atoms with E-state index in [0.29, 0.717) is 5.92 Å². The van der Waals surface area contributed by atoms with Gasteiger partial charge >= 0.3 is 0 Å². The average Bonchev–Trinajstić information content (AvgIpc) is 2.82. The molecule has 1 N–H and O–H groups in total. The van der Waals surface area contributed by atoms with Crippen LogP contribution >= 0.6 is 23.2 Å². The van der Waals surface area contributed by atoms with E-state index in [4.69, 9.17) is 23.2 Å². The molecule has 1 aromatic rings. The van der Waals surface area contributed by atoms with Gasteiger partial charge in [0, 0.05) is 10.0 Å². The lowest BCUT2D eigenvalue weighted by atomic mass is 10.1. The highest BCUT2D eigenvalue weighted by atomic mass is 35.5. The minimum Gasteiger partial charge on any atom is -0.319 e. The fourth-order valence-electron chi connectivity index (χ4n) is 1.93. The van der Waals surface area contributed by atoms with Crippen LogP contribution in [-0.2, 0) is 0 Å². The fraction of sp³-hybridized carbons (Fsp3) is 0.455. The summed E-state index contributed by atoms with van der Waals surface area (Å²) in [5, 5.41) is 4.67. The lowest BCUT2D eigenvalue weighted by molar-refractivity contribution is 0.698. The largest absolute Gasteiger partial charge is 0.319 e. The maximum Gasteiger partial charge on any atom is 0.0423 e. The molecule has 1 aromatic carbocycles. The number of hydrogen-bond donors (Lipinski definition) is 1. The molecule has 0 bridgehead atoms. The zero-order chi connectivity index (χ0) is 10.1. The third-order valence-electron chi connectivity index (χ3n) is 2.70. The topological polar surface area (TPSA) is 12.0 Å². The molecular formula is C11H13Cl2N. The van der Waals surface area contributed by atoms with Gasteiger partial charge in [0.05, 0.1) is 0 Å². The lowest BCUT2D eigenvalue weighted by Gasteiger charge is -2.02. The molecule has 1 nitrogen and oxygen atoms in total. The molecule has 0 unspecified atom stereocenters. The summed E-state index contributed by atoms with van der Waals surface area (Å²) in [6, 6.07) is 5.82. The summed E-state index contributed by atoms with van der Waals surface area (Å²) in [7, 11) is 1.99. The third kappa shape index (κ3) is 2.22. The standard InChI is InChI=1S/C11H13Cl2N/c1-14-6-8-4-11(8)7-2-9(12)5-10(13)3-7/h2-3,5,8,11,14H,4,6H2,1H3/t8-,11+/m1/s1. The second kappa shape index (κ2) is 4.09. The number of benzene rings is 1. The van der Waals surface area contributed by atoms with Crippen LogP contribution in [0, 0.1) is 5.92 Å². The van der Waals surface area contributed by atoms with Crippen molar-refractivity contribution in [3.8, 4) is 0 Å². The second-order valence-electron chi connectivity index (χ2n) is 3.86. The molecule has 0 aromatic heterocycles. The minimum atomic E-state index is 0.652. The SMILES string of the molecule is CNC[C@H]1C[C@H]1c1cc(Cl)cc(Cl)c1. The van der Waals surface area contributed by atoms with Crippen molar-refractivity contribution in [2.24, 2.45) is 5.92 Å². The Morgan fingerprint density at radius 2 is 1.93 bits per heavy atom. The molecule has 3 heteroatoms. The summed E-state index contributed by atoms with van der Waals surface area (Å²) in [5.41, 5.74) is 1.28. The van der Waals surface area contributed by atoms with Crippen LogP contribution in [-0.4, -0.2) is 13.6 Å².